The average molecular weight is 308 g/mol. The number of hydrogen-bond acceptors (Lipinski definition) is 2. The minimum Gasteiger partial charge on any atom is -0.381 e. The predicted octanol–water partition coefficient (Wildman–Crippen LogP) is 4.09. The highest BCUT2D eigenvalue weighted by atomic mass is 32.1. The number of anilines is 1. The normalized spacial score (nSPS) is 11.2. The van der Waals surface area contributed by atoms with Gasteiger partial charge in [0, 0.05) is 25.4 Å². The van der Waals surface area contributed by atoms with Gasteiger partial charge < -0.3 is 15.4 Å². The van der Waals surface area contributed by atoms with Crippen LogP contribution in [-0.2, 0) is 10.2 Å². The van der Waals surface area contributed by atoms with Crippen LogP contribution in [0, 0.1) is 0 Å². The number of ether oxygens (including phenoxy) is 1. The molecule has 21 heavy (non-hydrogen) atoms. The van der Waals surface area contributed by atoms with E-state index in [0.717, 1.165) is 38.3 Å². The van der Waals surface area contributed by atoms with Gasteiger partial charge >= 0.3 is 0 Å². The molecule has 1 aromatic rings. The Hall–Kier alpha value is -1.13. The smallest absolute Gasteiger partial charge is 0.170 e. The van der Waals surface area contributed by atoms with Gasteiger partial charge in [0.25, 0.3) is 0 Å². The van der Waals surface area contributed by atoms with Crippen LogP contribution in [0.2, 0.25) is 0 Å². The largest absolute Gasteiger partial charge is 0.381 e. The molecule has 3 nitrogen and oxygen atoms in total. The number of rotatable bonds is 7. The molecular formula is C17H28N2OS. The molecule has 0 atom stereocenters. The van der Waals surface area contributed by atoms with Crippen molar-refractivity contribution in [2.24, 2.45) is 0 Å². The molecule has 0 spiro atoms. The van der Waals surface area contributed by atoms with E-state index >= 15 is 0 Å². The summed E-state index contributed by atoms with van der Waals surface area (Å²) in [5.74, 6) is 0. The van der Waals surface area contributed by atoms with Crippen molar-refractivity contribution in [2.45, 2.75) is 46.0 Å². The van der Waals surface area contributed by atoms with Crippen molar-refractivity contribution in [3.8, 4) is 0 Å². The molecule has 0 aliphatic carbocycles. The molecule has 0 saturated heterocycles. The summed E-state index contributed by atoms with van der Waals surface area (Å²) >= 11 is 5.28. The highest BCUT2D eigenvalue weighted by molar-refractivity contribution is 7.80. The second kappa shape index (κ2) is 9.00. The Kier molecular flexibility index (Phi) is 7.68. The lowest BCUT2D eigenvalue weighted by molar-refractivity contribution is 0.133. The molecule has 0 radical (unpaired) electrons. The summed E-state index contributed by atoms with van der Waals surface area (Å²) in [6, 6.07) is 8.42. The summed E-state index contributed by atoms with van der Waals surface area (Å²) in [6.07, 6.45) is 2.03. The van der Waals surface area contributed by atoms with E-state index in [-0.39, 0.29) is 5.41 Å². The van der Waals surface area contributed by atoms with E-state index in [1.54, 1.807) is 0 Å². The maximum atomic E-state index is 5.42. The summed E-state index contributed by atoms with van der Waals surface area (Å²) in [5.41, 5.74) is 2.51. The van der Waals surface area contributed by atoms with Crippen molar-refractivity contribution in [3.05, 3.63) is 29.8 Å². The molecule has 0 fully saturated rings. The van der Waals surface area contributed by atoms with Crippen molar-refractivity contribution in [2.75, 3.05) is 25.1 Å². The monoisotopic (exact) mass is 308 g/mol. The average Bonchev–Trinajstić information content (AvgIpc) is 2.42. The molecule has 0 aliphatic rings. The summed E-state index contributed by atoms with van der Waals surface area (Å²) in [5, 5.41) is 7.06. The van der Waals surface area contributed by atoms with Crippen molar-refractivity contribution in [1.82, 2.24) is 5.32 Å². The van der Waals surface area contributed by atoms with Crippen molar-refractivity contribution < 1.29 is 4.74 Å². The Balaban J connectivity index is 2.28. The van der Waals surface area contributed by atoms with E-state index in [4.69, 9.17) is 17.0 Å². The zero-order valence-corrected chi connectivity index (χ0v) is 14.5. The summed E-state index contributed by atoms with van der Waals surface area (Å²) in [6.45, 7) is 11.2. The van der Waals surface area contributed by atoms with E-state index in [9.17, 15) is 0 Å². The molecule has 0 bridgehead atoms. The fraction of sp³-hybridized carbons (Fsp3) is 0.588. The minimum absolute atomic E-state index is 0.176. The van der Waals surface area contributed by atoms with Crippen LogP contribution in [0.25, 0.3) is 0 Å². The van der Waals surface area contributed by atoms with Crippen molar-refractivity contribution in [1.29, 1.82) is 0 Å². The SMILES string of the molecule is CCCOCCCNC(=S)Nc1ccc(C(C)(C)C)cc1. The van der Waals surface area contributed by atoms with Crippen LogP contribution < -0.4 is 10.6 Å². The highest BCUT2D eigenvalue weighted by Crippen LogP contribution is 2.23. The van der Waals surface area contributed by atoms with Crippen molar-refractivity contribution in [3.63, 3.8) is 0 Å². The summed E-state index contributed by atoms with van der Waals surface area (Å²) in [7, 11) is 0. The Bertz CT molecular complexity index is 423. The quantitative estimate of drug-likeness (QED) is 0.587. The molecule has 1 aromatic carbocycles. The Morgan fingerprint density at radius 2 is 1.81 bits per heavy atom. The lowest BCUT2D eigenvalue weighted by atomic mass is 9.87. The highest BCUT2D eigenvalue weighted by Gasteiger charge is 2.12. The van der Waals surface area contributed by atoms with Gasteiger partial charge in [0.15, 0.2) is 5.11 Å². The predicted molar refractivity (Wildman–Crippen MR) is 95.1 cm³/mol. The summed E-state index contributed by atoms with van der Waals surface area (Å²) < 4.78 is 5.42. The van der Waals surface area contributed by atoms with Gasteiger partial charge in [-0.05, 0) is 48.2 Å². The lowest BCUT2D eigenvalue weighted by Crippen LogP contribution is -2.29. The zero-order chi connectivity index (χ0) is 15.7. The molecule has 0 aromatic heterocycles. The number of thiocarbonyl (C=S) groups is 1. The van der Waals surface area contributed by atoms with E-state index in [2.05, 4.69) is 62.6 Å². The van der Waals surface area contributed by atoms with Gasteiger partial charge in [0.2, 0.25) is 0 Å². The number of hydrogen-bond donors (Lipinski definition) is 2. The van der Waals surface area contributed by atoms with E-state index in [1.165, 1.54) is 5.56 Å². The standard InChI is InChI=1S/C17H28N2OS/c1-5-12-20-13-6-11-18-16(21)19-15-9-7-14(8-10-15)17(2,3)4/h7-10H,5-6,11-13H2,1-4H3,(H2,18,19,21). The van der Waals surface area contributed by atoms with E-state index in [0.29, 0.717) is 5.11 Å². The van der Waals surface area contributed by atoms with E-state index < -0.39 is 0 Å². The second-order valence-corrected chi connectivity index (χ2v) is 6.58. The number of benzene rings is 1. The Labute approximate surface area is 134 Å². The van der Waals surface area contributed by atoms with Crippen LogP contribution >= 0.6 is 12.2 Å². The third-order valence-electron chi connectivity index (χ3n) is 3.11. The number of nitrogens with one attached hydrogen (secondary N) is 2. The van der Waals surface area contributed by atoms with Crippen LogP contribution in [0.15, 0.2) is 24.3 Å². The van der Waals surface area contributed by atoms with Crippen LogP contribution in [0.4, 0.5) is 5.69 Å². The minimum atomic E-state index is 0.176. The first-order valence-electron chi connectivity index (χ1n) is 7.66. The molecule has 0 heterocycles. The van der Waals surface area contributed by atoms with Crippen LogP contribution in [0.5, 0.6) is 0 Å². The molecular weight excluding hydrogens is 280 g/mol. The van der Waals surface area contributed by atoms with E-state index in [1.807, 2.05) is 0 Å². The topological polar surface area (TPSA) is 33.3 Å². The molecule has 0 aliphatic heterocycles. The van der Waals surface area contributed by atoms with Crippen LogP contribution in [0.3, 0.4) is 0 Å². The molecule has 4 heteroatoms. The van der Waals surface area contributed by atoms with Gasteiger partial charge in [-0.2, -0.15) is 0 Å². The Morgan fingerprint density at radius 3 is 2.38 bits per heavy atom. The van der Waals surface area contributed by atoms with Gasteiger partial charge in [-0.25, -0.2) is 0 Å². The first kappa shape index (κ1) is 17.9. The molecule has 0 saturated carbocycles. The van der Waals surface area contributed by atoms with Crippen molar-refractivity contribution >= 4 is 23.0 Å². The zero-order valence-electron chi connectivity index (χ0n) is 13.7. The fourth-order valence-electron chi connectivity index (χ4n) is 1.85. The maximum absolute atomic E-state index is 5.42. The Morgan fingerprint density at radius 1 is 1.14 bits per heavy atom. The van der Waals surface area contributed by atoms with Gasteiger partial charge in [0.1, 0.15) is 0 Å². The van der Waals surface area contributed by atoms with Gasteiger partial charge in [-0.15, -0.1) is 0 Å². The molecule has 118 valence electrons. The summed E-state index contributed by atoms with van der Waals surface area (Å²) in [4.78, 5) is 0. The maximum Gasteiger partial charge on any atom is 0.170 e. The third-order valence-corrected chi connectivity index (χ3v) is 3.35. The second-order valence-electron chi connectivity index (χ2n) is 6.17. The van der Waals surface area contributed by atoms with Gasteiger partial charge in [-0.3, -0.25) is 0 Å². The van der Waals surface area contributed by atoms with Gasteiger partial charge in [0.05, 0.1) is 0 Å². The lowest BCUT2D eigenvalue weighted by Gasteiger charge is -2.19. The first-order chi connectivity index (χ1) is 9.93. The van der Waals surface area contributed by atoms with Crippen LogP contribution in [-0.4, -0.2) is 24.9 Å². The first-order valence-corrected chi connectivity index (χ1v) is 8.07. The molecule has 1 rings (SSSR count). The fourth-order valence-corrected chi connectivity index (χ4v) is 2.07. The molecule has 2 N–H and O–H groups in total. The molecule has 0 amide bonds. The third kappa shape index (κ3) is 7.44. The van der Waals surface area contributed by atoms with Crippen LogP contribution in [0.1, 0.15) is 46.1 Å². The van der Waals surface area contributed by atoms with Gasteiger partial charge in [-0.1, -0.05) is 39.8 Å². The molecule has 0 unspecified atom stereocenters.